The van der Waals surface area contributed by atoms with E-state index in [1.165, 1.54) is 47.3 Å². The molecule has 8 heteroatoms. The van der Waals surface area contributed by atoms with Crippen molar-refractivity contribution in [1.29, 1.82) is 0 Å². The molecule has 1 aliphatic heterocycles. The number of rotatable bonds is 5. The third-order valence-corrected chi connectivity index (χ3v) is 12.1. The van der Waals surface area contributed by atoms with Crippen LogP contribution in [0.25, 0.3) is 70.8 Å². The predicted octanol–water partition coefficient (Wildman–Crippen LogP) is 10.3. The number of benzene rings is 5. The highest BCUT2D eigenvalue weighted by atomic mass is 32.2. The van der Waals surface area contributed by atoms with E-state index in [0.717, 1.165) is 27.8 Å². The van der Waals surface area contributed by atoms with E-state index >= 15 is 0 Å². The van der Waals surface area contributed by atoms with E-state index in [4.69, 9.17) is 0 Å². The molecule has 0 fully saturated rings. The molecule has 6 nitrogen and oxygen atoms in total. The average molecular weight is 679 g/mol. The minimum atomic E-state index is 0.277. The summed E-state index contributed by atoms with van der Waals surface area (Å²) < 4.78 is 2.56. The lowest BCUT2D eigenvalue weighted by atomic mass is 9.85. The molecule has 0 spiro atoms. The van der Waals surface area contributed by atoms with Crippen molar-refractivity contribution in [2.24, 2.45) is 0 Å². The van der Waals surface area contributed by atoms with Gasteiger partial charge in [0.15, 0.2) is 11.6 Å². The Morgan fingerprint density at radius 3 is 1.78 bits per heavy atom. The molecular formula is C42H26N6S2. The van der Waals surface area contributed by atoms with Crippen LogP contribution in [-0.4, -0.2) is 35.2 Å². The van der Waals surface area contributed by atoms with E-state index in [1.807, 2.05) is 35.2 Å². The van der Waals surface area contributed by atoms with Crippen molar-refractivity contribution in [2.45, 2.75) is 16.1 Å². The second kappa shape index (κ2) is 11.9. The van der Waals surface area contributed by atoms with Crippen LogP contribution in [0.4, 0.5) is 0 Å². The van der Waals surface area contributed by atoms with Crippen molar-refractivity contribution in [3.63, 3.8) is 0 Å². The van der Waals surface area contributed by atoms with Crippen LogP contribution in [0, 0.1) is 0 Å². The van der Waals surface area contributed by atoms with Gasteiger partial charge in [-0.3, -0.25) is 0 Å². The van der Waals surface area contributed by atoms with E-state index in [1.54, 1.807) is 25.3 Å². The third-order valence-electron chi connectivity index (χ3n) is 9.56. The summed E-state index contributed by atoms with van der Waals surface area (Å²) in [5.74, 6) is 1.64. The third kappa shape index (κ3) is 4.95. The second-order valence-corrected chi connectivity index (χ2v) is 14.7. The summed E-state index contributed by atoms with van der Waals surface area (Å²) in [7, 11) is 0. The number of nitrogens with zero attached hydrogens (tertiary/aromatic N) is 6. The van der Waals surface area contributed by atoms with Gasteiger partial charge in [0.25, 0.3) is 0 Å². The minimum Gasteiger partial charge on any atom is -0.225 e. The number of thioether (sulfide) groups is 1. The largest absolute Gasteiger partial charge is 0.225 e. The lowest BCUT2D eigenvalue weighted by Gasteiger charge is -2.20. The quantitative estimate of drug-likeness (QED) is 0.179. The fourth-order valence-electron chi connectivity index (χ4n) is 7.20. The van der Waals surface area contributed by atoms with Crippen LogP contribution in [0.3, 0.4) is 0 Å². The predicted molar refractivity (Wildman–Crippen MR) is 204 cm³/mol. The first-order valence-electron chi connectivity index (χ1n) is 16.4. The number of aromatic nitrogens is 6. The monoisotopic (exact) mass is 678 g/mol. The molecule has 2 aliphatic rings. The van der Waals surface area contributed by atoms with E-state index in [9.17, 15) is 0 Å². The van der Waals surface area contributed by atoms with Crippen molar-refractivity contribution in [1.82, 2.24) is 29.9 Å². The maximum absolute atomic E-state index is 4.44. The summed E-state index contributed by atoms with van der Waals surface area (Å²) in [4.78, 5) is 27.1. The zero-order valence-corrected chi connectivity index (χ0v) is 28.1. The average Bonchev–Trinajstić information content (AvgIpc) is 3.75. The lowest BCUT2D eigenvalue weighted by Crippen LogP contribution is -2.09. The summed E-state index contributed by atoms with van der Waals surface area (Å²) in [6.07, 6.45) is 13.2. The molecule has 0 amide bonds. The Bertz CT molecular complexity index is 2650. The number of hydrogen-bond donors (Lipinski definition) is 0. The Morgan fingerprint density at radius 1 is 0.520 bits per heavy atom. The zero-order valence-electron chi connectivity index (χ0n) is 26.5. The summed E-state index contributed by atoms with van der Waals surface area (Å²) in [6, 6.07) is 37.3. The van der Waals surface area contributed by atoms with Crippen molar-refractivity contribution >= 4 is 48.8 Å². The molecule has 3 aromatic heterocycles. The summed E-state index contributed by atoms with van der Waals surface area (Å²) in [5, 5.41) is 2.90. The van der Waals surface area contributed by atoms with Crippen LogP contribution in [0.2, 0.25) is 0 Å². The van der Waals surface area contributed by atoms with Crippen molar-refractivity contribution in [3.05, 3.63) is 158 Å². The van der Waals surface area contributed by atoms with Gasteiger partial charge in [-0.1, -0.05) is 85.0 Å². The molecule has 2 unspecified atom stereocenters. The Balaban J connectivity index is 1.03. The first kappa shape index (κ1) is 29.1. The van der Waals surface area contributed by atoms with Gasteiger partial charge in [-0.2, -0.15) is 0 Å². The fourth-order valence-corrected chi connectivity index (χ4v) is 9.57. The molecule has 0 N–H and O–H groups in total. The molecule has 8 aromatic rings. The SMILES string of the molecule is C1=CC2Sc3ccc(-c4ccc5sc6ccc(-c7ccccc7-c7ncncn7)cc6c5c4)cc3C2C=C1c1ccccc1-c1ncncn1. The Labute approximate surface area is 296 Å². The normalized spacial score (nSPS) is 16.4. The van der Waals surface area contributed by atoms with Crippen molar-refractivity contribution < 1.29 is 0 Å². The van der Waals surface area contributed by atoms with Crippen LogP contribution >= 0.6 is 23.1 Å². The highest BCUT2D eigenvalue weighted by Crippen LogP contribution is 2.51. The number of hydrogen-bond acceptors (Lipinski definition) is 8. The lowest BCUT2D eigenvalue weighted by molar-refractivity contribution is 0.884. The second-order valence-electron chi connectivity index (χ2n) is 12.4. The van der Waals surface area contributed by atoms with Gasteiger partial charge in [-0.15, -0.1) is 23.1 Å². The Hall–Kier alpha value is -5.83. The molecule has 0 saturated carbocycles. The Kier molecular flexibility index (Phi) is 6.96. The molecule has 50 heavy (non-hydrogen) atoms. The van der Waals surface area contributed by atoms with Gasteiger partial charge in [0.2, 0.25) is 0 Å². The van der Waals surface area contributed by atoms with Gasteiger partial charge in [0.05, 0.1) is 0 Å². The standard InChI is InChI=1S/C42H26N6S2/c1-3-7-31(41-45-21-43-22-46-41)29(5-1)27-11-15-39-35(19-27)33-17-25(9-13-37(33)49-39)26-10-14-38-34(18-26)36-20-28(12-16-40(36)50-38)30-6-2-4-8-32(30)42-47-23-44-24-48-42/h1-24,35,39H. The highest BCUT2D eigenvalue weighted by Gasteiger charge is 2.33. The van der Waals surface area contributed by atoms with Gasteiger partial charge in [-0.25, -0.2) is 29.9 Å². The Morgan fingerprint density at radius 2 is 1.08 bits per heavy atom. The maximum atomic E-state index is 4.44. The number of thiophene rings is 1. The van der Waals surface area contributed by atoms with Gasteiger partial charge in [0, 0.05) is 47.4 Å². The number of fused-ring (bicyclic) bond motifs is 6. The molecule has 1 aliphatic carbocycles. The van der Waals surface area contributed by atoms with Gasteiger partial charge >= 0.3 is 0 Å². The maximum Gasteiger partial charge on any atom is 0.163 e. The molecule has 4 heterocycles. The van der Waals surface area contributed by atoms with E-state index in [0.29, 0.717) is 16.9 Å². The van der Waals surface area contributed by atoms with Crippen molar-refractivity contribution in [2.75, 3.05) is 0 Å². The first-order chi connectivity index (χ1) is 24.8. The molecule has 0 saturated heterocycles. The molecule has 5 aromatic carbocycles. The fraction of sp³-hybridized carbons (Fsp3) is 0.0476. The molecule has 2 atom stereocenters. The van der Waals surface area contributed by atoms with Crippen LogP contribution in [0.5, 0.6) is 0 Å². The summed E-state index contributed by atoms with van der Waals surface area (Å²) >= 11 is 3.79. The van der Waals surface area contributed by atoms with E-state index < -0.39 is 0 Å². The highest BCUT2D eigenvalue weighted by molar-refractivity contribution is 8.00. The van der Waals surface area contributed by atoms with Crippen LogP contribution in [0.1, 0.15) is 17.0 Å². The molecule has 0 bridgehead atoms. The van der Waals surface area contributed by atoms with E-state index in [2.05, 4.69) is 139 Å². The van der Waals surface area contributed by atoms with Gasteiger partial charge in [0.1, 0.15) is 25.3 Å². The molecule has 10 rings (SSSR count). The summed E-state index contributed by atoms with van der Waals surface area (Å²) in [5.41, 5.74) is 10.4. The zero-order chi connectivity index (χ0) is 33.0. The minimum absolute atomic E-state index is 0.277. The van der Waals surface area contributed by atoms with Crippen LogP contribution in [-0.2, 0) is 0 Å². The molecular weight excluding hydrogens is 653 g/mol. The van der Waals surface area contributed by atoms with Gasteiger partial charge in [-0.05, 0) is 75.4 Å². The topological polar surface area (TPSA) is 77.3 Å². The van der Waals surface area contributed by atoms with Crippen LogP contribution < -0.4 is 0 Å². The summed E-state index contributed by atoms with van der Waals surface area (Å²) in [6.45, 7) is 0. The van der Waals surface area contributed by atoms with E-state index in [-0.39, 0.29) is 5.92 Å². The molecule has 236 valence electrons. The van der Waals surface area contributed by atoms with Crippen LogP contribution in [0.15, 0.2) is 152 Å². The number of allylic oxidation sites excluding steroid dienone is 3. The first-order valence-corrected chi connectivity index (χ1v) is 18.1. The molecule has 0 radical (unpaired) electrons. The smallest absolute Gasteiger partial charge is 0.163 e. The van der Waals surface area contributed by atoms with Gasteiger partial charge < -0.3 is 0 Å². The van der Waals surface area contributed by atoms with Crippen molar-refractivity contribution in [3.8, 4) is 45.0 Å².